The van der Waals surface area contributed by atoms with Gasteiger partial charge in [0.1, 0.15) is 5.82 Å². The van der Waals surface area contributed by atoms with Crippen molar-refractivity contribution < 1.29 is 5.48 Å². The van der Waals surface area contributed by atoms with Crippen LogP contribution < -0.4 is 5.73 Å². The van der Waals surface area contributed by atoms with Crippen LogP contribution >= 0.6 is 0 Å². The lowest BCUT2D eigenvalue weighted by Gasteiger charge is -1.82. The average Bonchev–Trinajstić information content (AvgIpc) is 1.69. The van der Waals surface area contributed by atoms with Gasteiger partial charge in [0.05, 0.1) is 0 Å². The maximum Gasteiger partial charge on any atom is 0.123 e. The summed E-state index contributed by atoms with van der Waals surface area (Å²) in [5.41, 5.74) is 5.25. The SMILES string of the molecule is Nc1ccccn1.O. The van der Waals surface area contributed by atoms with Crippen molar-refractivity contribution in [2.45, 2.75) is 0 Å². The quantitative estimate of drug-likeness (QED) is 0.506. The molecule has 0 amide bonds. The molecule has 1 aromatic heterocycles. The zero-order valence-electron chi connectivity index (χ0n) is 4.33. The second-order valence-corrected chi connectivity index (χ2v) is 1.25. The monoisotopic (exact) mass is 112 g/mol. The van der Waals surface area contributed by atoms with Gasteiger partial charge in [-0.05, 0) is 12.1 Å². The van der Waals surface area contributed by atoms with Gasteiger partial charge in [0, 0.05) is 6.20 Å². The standard InChI is InChI=1S/C5H6N2.H2O/c6-5-3-1-2-4-7-5;/h1-4H,(H2,6,7);1H2. The number of nitrogens with zero attached hydrogens (tertiary/aromatic N) is 1. The van der Waals surface area contributed by atoms with Gasteiger partial charge >= 0.3 is 0 Å². The van der Waals surface area contributed by atoms with Crippen molar-refractivity contribution in [2.75, 3.05) is 5.73 Å². The first-order chi connectivity index (χ1) is 3.39. The Morgan fingerprint density at radius 3 is 2.38 bits per heavy atom. The molecule has 0 aromatic carbocycles. The zero-order valence-corrected chi connectivity index (χ0v) is 4.33. The van der Waals surface area contributed by atoms with Crippen LogP contribution in [0.2, 0.25) is 0 Å². The molecule has 4 N–H and O–H groups in total. The fourth-order valence-corrected chi connectivity index (χ4v) is 0.376. The van der Waals surface area contributed by atoms with Crippen LogP contribution in [0, 0.1) is 0 Å². The molecular weight excluding hydrogens is 104 g/mol. The molecule has 0 atom stereocenters. The summed E-state index contributed by atoms with van der Waals surface area (Å²) in [7, 11) is 0. The van der Waals surface area contributed by atoms with E-state index in [1.807, 2.05) is 12.1 Å². The Morgan fingerprint density at radius 2 is 2.12 bits per heavy atom. The van der Waals surface area contributed by atoms with Crippen LogP contribution in [-0.4, -0.2) is 10.5 Å². The molecule has 3 heteroatoms. The normalized spacial score (nSPS) is 7.50. The summed E-state index contributed by atoms with van der Waals surface area (Å²) >= 11 is 0. The second kappa shape index (κ2) is 2.98. The van der Waals surface area contributed by atoms with Crippen LogP contribution in [0.5, 0.6) is 0 Å². The number of rotatable bonds is 0. The molecule has 0 aliphatic carbocycles. The van der Waals surface area contributed by atoms with E-state index in [4.69, 9.17) is 5.73 Å². The van der Waals surface area contributed by atoms with E-state index < -0.39 is 0 Å². The van der Waals surface area contributed by atoms with Gasteiger partial charge in [0.2, 0.25) is 0 Å². The van der Waals surface area contributed by atoms with Crippen molar-refractivity contribution >= 4 is 5.82 Å². The highest BCUT2D eigenvalue weighted by Gasteiger charge is 1.73. The van der Waals surface area contributed by atoms with E-state index in [0.717, 1.165) is 0 Å². The lowest BCUT2D eigenvalue weighted by molar-refractivity contribution is 0.824. The van der Waals surface area contributed by atoms with Crippen molar-refractivity contribution in [3.05, 3.63) is 24.4 Å². The van der Waals surface area contributed by atoms with Gasteiger partial charge in [0.15, 0.2) is 0 Å². The molecule has 1 rings (SSSR count). The third kappa shape index (κ3) is 1.57. The number of nitrogens with two attached hydrogens (primary N) is 1. The summed E-state index contributed by atoms with van der Waals surface area (Å²) in [5, 5.41) is 0. The van der Waals surface area contributed by atoms with Gasteiger partial charge in [-0.15, -0.1) is 0 Å². The number of hydrogen-bond acceptors (Lipinski definition) is 2. The Hall–Kier alpha value is -1.09. The fraction of sp³-hybridized carbons (Fsp3) is 0. The summed E-state index contributed by atoms with van der Waals surface area (Å²) in [6.07, 6.45) is 1.66. The number of aromatic nitrogens is 1. The van der Waals surface area contributed by atoms with Crippen molar-refractivity contribution in [2.24, 2.45) is 0 Å². The molecule has 1 aromatic rings. The van der Waals surface area contributed by atoms with E-state index in [1.54, 1.807) is 12.3 Å². The van der Waals surface area contributed by atoms with Crippen LogP contribution in [0.3, 0.4) is 0 Å². The first-order valence-corrected chi connectivity index (χ1v) is 2.06. The molecule has 0 saturated carbocycles. The highest BCUT2D eigenvalue weighted by Crippen LogP contribution is 1.89. The minimum atomic E-state index is 0. The summed E-state index contributed by atoms with van der Waals surface area (Å²) in [5.74, 6) is 0.572. The topological polar surface area (TPSA) is 70.4 Å². The summed E-state index contributed by atoms with van der Waals surface area (Å²) in [6.45, 7) is 0. The predicted octanol–water partition coefficient (Wildman–Crippen LogP) is -0.161. The molecule has 0 radical (unpaired) electrons. The van der Waals surface area contributed by atoms with Gasteiger partial charge in [-0.1, -0.05) is 6.07 Å². The third-order valence-electron chi connectivity index (χ3n) is 0.688. The van der Waals surface area contributed by atoms with Crippen LogP contribution in [0.4, 0.5) is 5.82 Å². The molecule has 0 fully saturated rings. The van der Waals surface area contributed by atoms with E-state index in [2.05, 4.69) is 4.98 Å². The van der Waals surface area contributed by atoms with Crippen LogP contribution in [0.15, 0.2) is 24.4 Å². The van der Waals surface area contributed by atoms with Crippen molar-refractivity contribution in [1.29, 1.82) is 0 Å². The highest BCUT2D eigenvalue weighted by atomic mass is 16.0. The van der Waals surface area contributed by atoms with Gasteiger partial charge in [-0.2, -0.15) is 0 Å². The minimum Gasteiger partial charge on any atom is -0.412 e. The molecule has 0 saturated heterocycles. The summed E-state index contributed by atoms with van der Waals surface area (Å²) in [4.78, 5) is 3.76. The van der Waals surface area contributed by atoms with Gasteiger partial charge in [-0.3, -0.25) is 0 Å². The second-order valence-electron chi connectivity index (χ2n) is 1.25. The predicted molar refractivity (Wildman–Crippen MR) is 32.3 cm³/mol. The van der Waals surface area contributed by atoms with Crippen LogP contribution in [0.25, 0.3) is 0 Å². The number of hydrogen-bond donors (Lipinski definition) is 1. The Balaban J connectivity index is 0.000000490. The van der Waals surface area contributed by atoms with Gasteiger partial charge in [0.25, 0.3) is 0 Å². The van der Waals surface area contributed by atoms with E-state index in [-0.39, 0.29) is 5.48 Å². The maximum atomic E-state index is 5.25. The molecule has 0 spiro atoms. The number of anilines is 1. The lowest BCUT2D eigenvalue weighted by Crippen LogP contribution is -1.85. The molecule has 44 valence electrons. The van der Waals surface area contributed by atoms with Crippen molar-refractivity contribution in [3.63, 3.8) is 0 Å². The first-order valence-electron chi connectivity index (χ1n) is 2.06. The Bertz CT molecular complexity index is 140. The first kappa shape index (κ1) is 6.91. The Labute approximate surface area is 47.5 Å². The third-order valence-corrected chi connectivity index (χ3v) is 0.688. The number of pyridine rings is 1. The average molecular weight is 112 g/mol. The minimum absolute atomic E-state index is 0. The fourth-order valence-electron chi connectivity index (χ4n) is 0.376. The van der Waals surface area contributed by atoms with Gasteiger partial charge in [-0.25, -0.2) is 4.98 Å². The van der Waals surface area contributed by atoms with E-state index in [0.29, 0.717) is 5.82 Å². The molecule has 8 heavy (non-hydrogen) atoms. The largest absolute Gasteiger partial charge is 0.412 e. The smallest absolute Gasteiger partial charge is 0.123 e. The zero-order chi connectivity index (χ0) is 5.11. The number of nitrogen functional groups attached to an aromatic ring is 1. The molecule has 3 nitrogen and oxygen atoms in total. The summed E-state index contributed by atoms with van der Waals surface area (Å²) < 4.78 is 0. The van der Waals surface area contributed by atoms with Gasteiger partial charge < -0.3 is 11.2 Å². The lowest BCUT2D eigenvalue weighted by atomic mass is 10.5. The molecule has 0 unspecified atom stereocenters. The maximum absolute atomic E-state index is 5.25. The Kier molecular flexibility index (Phi) is 2.58. The van der Waals surface area contributed by atoms with Crippen LogP contribution in [-0.2, 0) is 0 Å². The molecule has 0 aliphatic heterocycles. The van der Waals surface area contributed by atoms with Crippen LogP contribution in [0.1, 0.15) is 0 Å². The van der Waals surface area contributed by atoms with E-state index >= 15 is 0 Å². The highest BCUT2D eigenvalue weighted by molar-refractivity contribution is 5.25. The molecule has 0 bridgehead atoms. The molecule has 1 heterocycles. The molecular formula is C5H8N2O. The van der Waals surface area contributed by atoms with E-state index in [1.165, 1.54) is 0 Å². The van der Waals surface area contributed by atoms with Crippen molar-refractivity contribution in [3.8, 4) is 0 Å². The van der Waals surface area contributed by atoms with E-state index in [9.17, 15) is 0 Å². The van der Waals surface area contributed by atoms with Crippen molar-refractivity contribution in [1.82, 2.24) is 4.98 Å². The molecule has 0 aliphatic rings. The summed E-state index contributed by atoms with van der Waals surface area (Å²) in [6, 6.07) is 5.43. The Morgan fingerprint density at radius 1 is 1.38 bits per heavy atom.